The van der Waals surface area contributed by atoms with Gasteiger partial charge in [0.05, 0.1) is 30.9 Å². The molecule has 1 aliphatic heterocycles. The second-order valence-electron chi connectivity index (χ2n) is 8.26. The molecule has 1 saturated heterocycles. The van der Waals surface area contributed by atoms with Crippen molar-refractivity contribution in [2.24, 2.45) is 5.92 Å². The monoisotopic (exact) mass is 480 g/mol. The zero-order valence-electron chi connectivity index (χ0n) is 17.7. The molecule has 13 heteroatoms. The van der Waals surface area contributed by atoms with Gasteiger partial charge in [0.25, 0.3) is 16.5 Å². The molecule has 10 nitrogen and oxygen atoms in total. The first kappa shape index (κ1) is 22.0. The van der Waals surface area contributed by atoms with Crippen LogP contribution < -0.4 is 4.90 Å². The second kappa shape index (κ2) is 8.54. The van der Waals surface area contributed by atoms with Gasteiger partial charge in [0, 0.05) is 19.2 Å². The molecular weight excluding hydrogens is 458 g/mol. The first-order valence-electron chi connectivity index (χ1n) is 10.5. The highest BCUT2D eigenvalue weighted by molar-refractivity contribution is 7.85. The van der Waals surface area contributed by atoms with E-state index in [0.717, 1.165) is 19.1 Å². The van der Waals surface area contributed by atoms with E-state index in [9.17, 15) is 17.2 Å². The molecular formula is C20H22F2N6O4S. The number of rotatable bonds is 7. The average Bonchev–Trinajstić information content (AvgIpc) is 3.56. The smallest absolute Gasteiger partial charge is 0.282 e. The Hall–Kier alpha value is -2.77. The molecule has 4 heterocycles. The Morgan fingerprint density at radius 2 is 2.03 bits per heavy atom. The third kappa shape index (κ3) is 4.94. The minimum atomic E-state index is -3.59. The van der Waals surface area contributed by atoms with Crippen LogP contribution in [0.3, 0.4) is 0 Å². The van der Waals surface area contributed by atoms with Gasteiger partial charge in [0.15, 0.2) is 5.65 Å². The molecule has 0 aromatic carbocycles. The topological polar surface area (TPSA) is 112 Å². The highest BCUT2D eigenvalue weighted by atomic mass is 32.2. The number of hydrogen-bond donors (Lipinski definition) is 0. The molecule has 33 heavy (non-hydrogen) atoms. The number of fused-ring (bicyclic) bond motifs is 1. The highest BCUT2D eigenvalue weighted by Crippen LogP contribution is 2.37. The van der Waals surface area contributed by atoms with E-state index >= 15 is 0 Å². The third-order valence-electron chi connectivity index (χ3n) is 5.65. The van der Waals surface area contributed by atoms with Crippen LogP contribution in [0, 0.1) is 5.92 Å². The Bertz CT molecular complexity index is 1270. The zero-order chi connectivity index (χ0) is 23.2. The summed E-state index contributed by atoms with van der Waals surface area (Å²) < 4.78 is 61.5. The van der Waals surface area contributed by atoms with Gasteiger partial charge in [0.2, 0.25) is 0 Å². The number of aromatic nitrogens is 5. The van der Waals surface area contributed by atoms with Gasteiger partial charge in [-0.3, -0.25) is 4.18 Å². The summed E-state index contributed by atoms with van der Waals surface area (Å²) in [7, 11) is -3.59. The summed E-state index contributed by atoms with van der Waals surface area (Å²) in [5, 5.41) is 3.99. The lowest BCUT2D eigenvalue weighted by atomic mass is 10.1. The lowest BCUT2D eigenvalue weighted by Gasteiger charge is -2.38. The molecule has 0 radical (unpaired) electrons. The van der Waals surface area contributed by atoms with Gasteiger partial charge in [-0.25, -0.2) is 28.2 Å². The highest BCUT2D eigenvalue weighted by Gasteiger charge is 2.39. The van der Waals surface area contributed by atoms with Crippen LogP contribution in [0.1, 0.15) is 25.0 Å². The van der Waals surface area contributed by atoms with E-state index in [1.807, 2.05) is 4.90 Å². The van der Waals surface area contributed by atoms with Gasteiger partial charge in [-0.15, -0.1) is 0 Å². The number of halogens is 2. The lowest BCUT2D eigenvalue weighted by molar-refractivity contribution is -0.0542. The van der Waals surface area contributed by atoms with Crippen LogP contribution in [0.2, 0.25) is 0 Å². The van der Waals surface area contributed by atoms with Gasteiger partial charge in [0.1, 0.15) is 29.6 Å². The van der Waals surface area contributed by atoms with E-state index in [0.29, 0.717) is 41.9 Å². The van der Waals surface area contributed by atoms with Crippen LogP contribution in [0.15, 0.2) is 30.7 Å². The lowest BCUT2D eigenvalue weighted by Crippen LogP contribution is -2.50. The van der Waals surface area contributed by atoms with E-state index in [-0.39, 0.29) is 18.4 Å². The largest absolute Gasteiger partial charge is 0.369 e. The van der Waals surface area contributed by atoms with Crippen molar-refractivity contribution >= 4 is 21.6 Å². The molecule has 0 unspecified atom stereocenters. The molecule has 2 fully saturated rings. The van der Waals surface area contributed by atoms with Crippen molar-refractivity contribution in [1.82, 2.24) is 24.6 Å². The summed E-state index contributed by atoms with van der Waals surface area (Å²) in [6.45, 7) is 0.900. The van der Waals surface area contributed by atoms with Crippen molar-refractivity contribution in [2.75, 3.05) is 30.9 Å². The fraction of sp³-hybridized carbons (Fsp3) is 0.500. The molecule has 1 saturated carbocycles. The number of morpholine rings is 1. The molecule has 1 aliphatic carbocycles. The van der Waals surface area contributed by atoms with E-state index in [4.69, 9.17) is 8.92 Å². The molecule has 0 bridgehead atoms. The summed E-state index contributed by atoms with van der Waals surface area (Å²) >= 11 is 0. The molecule has 3 aromatic rings. The minimum Gasteiger partial charge on any atom is -0.369 e. The SMILES string of the molecule is CS(=O)(=O)OC[C@@H]1CN(c2cc(-c3cnc4ccc(C(F)F)nn34)ncn2)C[C@H](C2CC2)O1. The number of alkyl halides is 2. The number of ether oxygens (including phenoxy) is 1. The van der Waals surface area contributed by atoms with Gasteiger partial charge < -0.3 is 9.64 Å². The minimum absolute atomic E-state index is 0.0589. The van der Waals surface area contributed by atoms with Crippen molar-refractivity contribution in [3.63, 3.8) is 0 Å². The normalized spacial score (nSPS) is 21.8. The first-order valence-corrected chi connectivity index (χ1v) is 12.3. The molecule has 0 N–H and O–H groups in total. The molecule has 176 valence electrons. The Morgan fingerprint density at radius 3 is 2.76 bits per heavy atom. The first-order chi connectivity index (χ1) is 15.8. The summed E-state index contributed by atoms with van der Waals surface area (Å²) in [6, 6.07) is 4.46. The molecule has 5 rings (SSSR count). The summed E-state index contributed by atoms with van der Waals surface area (Å²) in [5.41, 5.74) is 1.00. The predicted octanol–water partition coefficient (Wildman–Crippen LogP) is 2.08. The van der Waals surface area contributed by atoms with Crippen molar-refractivity contribution in [1.29, 1.82) is 0 Å². The Labute approximate surface area is 188 Å². The van der Waals surface area contributed by atoms with Crippen molar-refractivity contribution in [3.05, 3.63) is 36.4 Å². The fourth-order valence-corrected chi connectivity index (χ4v) is 4.32. The second-order valence-corrected chi connectivity index (χ2v) is 9.91. The maximum atomic E-state index is 13.1. The molecule has 2 atom stereocenters. The Kier molecular flexibility index (Phi) is 5.70. The van der Waals surface area contributed by atoms with E-state index in [1.54, 1.807) is 6.07 Å². The maximum absolute atomic E-state index is 13.1. The standard InChI is InChI=1S/C20H22F2N6O4S/c1-33(29,30)31-10-13-8-27(9-17(32-13)12-2-3-12)19-6-15(24-11-25-19)16-7-23-18-5-4-14(20(21)22)26-28(16)18/h4-7,11-13,17,20H,2-3,8-10H2,1H3/t13-,17+/m0/s1. The molecule has 0 spiro atoms. The van der Waals surface area contributed by atoms with Crippen LogP contribution >= 0.6 is 0 Å². The number of imidazole rings is 1. The molecule has 3 aromatic heterocycles. The van der Waals surface area contributed by atoms with Crippen molar-refractivity contribution in [2.45, 2.75) is 31.5 Å². The van der Waals surface area contributed by atoms with Gasteiger partial charge in [-0.1, -0.05) is 0 Å². The summed E-state index contributed by atoms with van der Waals surface area (Å²) in [4.78, 5) is 14.9. The van der Waals surface area contributed by atoms with Crippen molar-refractivity contribution in [3.8, 4) is 11.4 Å². The Morgan fingerprint density at radius 1 is 1.21 bits per heavy atom. The molecule has 2 aliphatic rings. The average molecular weight is 480 g/mol. The summed E-state index contributed by atoms with van der Waals surface area (Å²) in [6.07, 6.45) is 2.85. The van der Waals surface area contributed by atoms with Crippen LogP contribution in [0.25, 0.3) is 17.0 Å². The summed E-state index contributed by atoms with van der Waals surface area (Å²) in [5.74, 6) is 1.03. The van der Waals surface area contributed by atoms with Gasteiger partial charge >= 0.3 is 0 Å². The van der Waals surface area contributed by atoms with Gasteiger partial charge in [-0.2, -0.15) is 13.5 Å². The zero-order valence-corrected chi connectivity index (χ0v) is 18.5. The predicted molar refractivity (Wildman–Crippen MR) is 113 cm³/mol. The van der Waals surface area contributed by atoms with E-state index < -0.39 is 22.6 Å². The third-order valence-corrected chi connectivity index (χ3v) is 6.22. The van der Waals surface area contributed by atoms with Crippen LogP contribution in [-0.4, -0.2) is 71.1 Å². The van der Waals surface area contributed by atoms with E-state index in [1.165, 1.54) is 29.2 Å². The fourth-order valence-electron chi connectivity index (χ4n) is 3.92. The van der Waals surface area contributed by atoms with E-state index in [2.05, 4.69) is 20.1 Å². The van der Waals surface area contributed by atoms with Crippen molar-refractivity contribution < 1.29 is 26.1 Å². The number of nitrogens with zero attached hydrogens (tertiary/aromatic N) is 6. The van der Waals surface area contributed by atoms with Crippen LogP contribution in [-0.2, 0) is 19.0 Å². The van der Waals surface area contributed by atoms with Crippen LogP contribution in [0.5, 0.6) is 0 Å². The Balaban J connectivity index is 1.43. The number of anilines is 1. The maximum Gasteiger partial charge on any atom is 0.282 e. The van der Waals surface area contributed by atoms with Gasteiger partial charge in [-0.05, 0) is 30.9 Å². The van der Waals surface area contributed by atoms with Crippen LogP contribution in [0.4, 0.5) is 14.6 Å². The number of hydrogen-bond acceptors (Lipinski definition) is 9. The quantitative estimate of drug-likeness (QED) is 0.469. The molecule has 0 amide bonds.